The van der Waals surface area contributed by atoms with Gasteiger partial charge in [-0.3, -0.25) is 0 Å². The summed E-state index contributed by atoms with van der Waals surface area (Å²) in [4.78, 5) is -0.563. The highest BCUT2D eigenvalue weighted by atomic mass is 32.2. The van der Waals surface area contributed by atoms with Gasteiger partial charge >= 0.3 is 0 Å². The number of hydrogen-bond donors (Lipinski definition) is 1. The van der Waals surface area contributed by atoms with Gasteiger partial charge in [0.25, 0.3) is 0 Å². The summed E-state index contributed by atoms with van der Waals surface area (Å²) in [5.41, 5.74) is -0.177. The van der Waals surface area contributed by atoms with Crippen LogP contribution in [0.4, 0.5) is 0 Å². The number of hydrogen-bond acceptors (Lipinski definition) is 3. The van der Waals surface area contributed by atoms with Gasteiger partial charge in [-0.05, 0) is 57.3 Å². The molecule has 0 aromatic carbocycles. The minimum atomic E-state index is -0.558. The maximum atomic E-state index is 11.0. The van der Waals surface area contributed by atoms with Crippen LogP contribution in [-0.4, -0.2) is 20.6 Å². The second kappa shape index (κ2) is 3.43. The first-order valence-electron chi connectivity index (χ1n) is 7.31. The Labute approximate surface area is 107 Å². The van der Waals surface area contributed by atoms with Gasteiger partial charge in [-0.25, -0.2) is 0 Å². The van der Waals surface area contributed by atoms with E-state index in [1.165, 1.54) is 44.9 Å². The minimum absolute atomic E-state index is 0.00438. The van der Waals surface area contributed by atoms with Crippen molar-refractivity contribution in [1.82, 2.24) is 0 Å². The molecule has 2 heterocycles. The van der Waals surface area contributed by atoms with E-state index in [9.17, 15) is 5.11 Å². The molecule has 2 bridgehead atoms. The van der Waals surface area contributed by atoms with Gasteiger partial charge in [0, 0.05) is 0 Å². The quantitative estimate of drug-likeness (QED) is 0.718. The Morgan fingerprint density at radius 3 is 2.71 bits per heavy atom. The molecule has 2 saturated heterocycles. The van der Waals surface area contributed by atoms with Crippen molar-refractivity contribution in [1.29, 1.82) is 0 Å². The van der Waals surface area contributed by atoms with Gasteiger partial charge in [0.2, 0.25) is 0 Å². The maximum Gasteiger partial charge on any atom is 0.142 e. The lowest BCUT2D eigenvalue weighted by atomic mass is 9.71. The zero-order chi connectivity index (χ0) is 11.6. The topological polar surface area (TPSA) is 29.5 Å². The molecule has 2 spiro atoms. The highest BCUT2D eigenvalue weighted by Crippen LogP contribution is 2.69. The summed E-state index contributed by atoms with van der Waals surface area (Å²) in [6.07, 6.45) is 12.0. The molecule has 4 aliphatic rings. The molecule has 4 rings (SSSR count). The molecule has 2 saturated carbocycles. The van der Waals surface area contributed by atoms with E-state index in [0.29, 0.717) is 5.92 Å². The molecule has 3 heteroatoms. The highest BCUT2D eigenvalue weighted by Gasteiger charge is 2.69. The van der Waals surface area contributed by atoms with Crippen LogP contribution in [0.1, 0.15) is 64.2 Å². The first kappa shape index (κ1) is 11.1. The Morgan fingerprint density at radius 1 is 0.941 bits per heavy atom. The fourth-order valence-corrected chi connectivity index (χ4v) is 6.81. The lowest BCUT2D eigenvalue weighted by molar-refractivity contribution is -0.220. The molecule has 4 unspecified atom stereocenters. The van der Waals surface area contributed by atoms with Crippen LogP contribution in [0.25, 0.3) is 0 Å². The Kier molecular flexibility index (Phi) is 2.24. The minimum Gasteiger partial charge on any atom is -0.376 e. The molecule has 2 aliphatic carbocycles. The van der Waals surface area contributed by atoms with Gasteiger partial charge < -0.3 is 9.84 Å². The maximum absolute atomic E-state index is 11.0. The smallest absolute Gasteiger partial charge is 0.142 e. The monoisotopic (exact) mass is 254 g/mol. The van der Waals surface area contributed by atoms with Crippen LogP contribution >= 0.6 is 11.8 Å². The normalized spacial score (nSPS) is 57.4. The summed E-state index contributed by atoms with van der Waals surface area (Å²) in [6.45, 7) is 0. The van der Waals surface area contributed by atoms with Gasteiger partial charge in [0.05, 0.1) is 0 Å². The Bertz CT molecular complexity index is 343. The van der Waals surface area contributed by atoms with E-state index in [1.54, 1.807) is 0 Å². The van der Waals surface area contributed by atoms with E-state index in [-0.39, 0.29) is 10.5 Å². The summed E-state index contributed by atoms with van der Waals surface area (Å²) in [5.74, 6) is 0.710. The molecular weight excluding hydrogens is 232 g/mol. The molecule has 0 aromatic heterocycles. The van der Waals surface area contributed by atoms with Crippen LogP contribution in [-0.2, 0) is 4.74 Å². The second-order valence-electron chi connectivity index (χ2n) is 6.48. The lowest BCUT2D eigenvalue weighted by Gasteiger charge is -2.49. The second-order valence-corrected chi connectivity index (χ2v) is 8.05. The van der Waals surface area contributed by atoms with Crippen molar-refractivity contribution in [3.63, 3.8) is 0 Å². The van der Waals surface area contributed by atoms with Gasteiger partial charge in [0.1, 0.15) is 15.5 Å². The predicted molar refractivity (Wildman–Crippen MR) is 68.7 cm³/mol. The first-order chi connectivity index (χ1) is 8.18. The van der Waals surface area contributed by atoms with Crippen molar-refractivity contribution < 1.29 is 9.84 Å². The van der Waals surface area contributed by atoms with E-state index >= 15 is 0 Å². The fourth-order valence-electron chi connectivity index (χ4n) is 4.71. The summed E-state index contributed by atoms with van der Waals surface area (Å²) >= 11 is 1.82. The van der Waals surface area contributed by atoms with Crippen LogP contribution in [0.15, 0.2) is 0 Å². The summed E-state index contributed by atoms with van der Waals surface area (Å²) in [5, 5.41) is 11.0. The number of thioether (sulfide) groups is 1. The van der Waals surface area contributed by atoms with Crippen LogP contribution in [0.3, 0.4) is 0 Å². The Morgan fingerprint density at radius 2 is 1.76 bits per heavy atom. The molecule has 0 amide bonds. The standard InChI is InChI=1S/C14H22O2S/c15-14-9-4-3-7-12(14)10-6-11-5-1-2-8-13(11,16-12)17-14/h11,15H,1-10H2. The van der Waals surface area contributed by atoms with Crippen LogP contribution in [0, 0.1) is 5.92 Å². The average molecular weight is 254 g/mol. The first-order valence-corrected chi connectivity index (χ1v) is 8.13. The molecule has 1 N–H and O–H groups in total. The molecule has 2 aliphatic heterocycles. The van der Waals surface area contributed by atoms with Crippen LogP contribution in [0.2, 0.25) is 0 Å². The van der Waals surface area contributed by atoms with Crippen molar-refractivity contribution in [2.45, 2.75) is 79.7 Å². The molecule has 96 valence electrons. The SMILES string of the molecule is OC12CCCCC13CCC1CCCCC1(O3)S2. The fraction of sp³-hybridized carbons (Fsp3) is 1.00. The summed E-state index contributed by atoms with van der Waals surface area (Å²) in [6, 6.07) is 0. The van der Waals surface area contributed by atoms with Gasteiger partial charge in [0.15, 0.2) is 0 Å². The van der Waals surface area contributed by atoms with E-state index in [4.69, 9.17) is 4.74 Å². The lowest BCUT2D eigenvalue weighted by Crippen LogP contribution is -2.54. The third kappa shape index (κ3) is 1.31. The molecule has 2 nitrogen and oxygen atoms in total. The largest absolute Gasteiger partial charge is 0.376 e. The molecule has 4 atom stereocenters. The van der Waals surface area contributed by atoms with E-state index in [2.05, 4.69) is 0 Å². The van der Waals surface area contributed by atoms with Crippen molar-refractivity contribution in [3.8, 4) is 0 Å². The summed E-state index contributed by atoms with van der Waals surface area (Å²) < 4.78 is 6.60. The number of ether oxygens (including phenoxy) is 1. The van der Waals surface area contributed by atoms with E-state index < -0.39 is 4.93 Å². The van der Waals surface area contributed by atoms with Gasteiger partial charge in [-0.2, -0.15) is 0 Å². The van der Waals surface area contributed by atoms with Crippen molar-refractivity contribution >= 4 is 11.8 Å². The third-order valence-electron chi connectivity index (χ3n) is 5.61. The van der Waals surface area contributed by atoms with Gasteiger partial charge in [-0.1, -0.05) is 24.6 Å². The van der Waals surface area contributed by atoms with E-state index in [1.807, 2.05) is 11.8 Å². The molecule has 0 aromatic rings. The average Bonchev–Trinajstić information content (AvgIpc) is 2.52. The zero-order valence-corrected chi connectivity index (χ0v) is 11.2. The predicted octanol–water partition coefficient (Wildman–Crippen LogP) is 3.43. The van der Waals surface area contributed by atoms with Crippen molar-refractivity contribution in [2.24, 2.45) is 5.92 Å². The zero-order valence-electron chi connectivity index (χ0n) is 10.4. The number of aliphatic hydroxyl groups is 1. The Hall–Kier alpha value is 0.270. The molecule has 0 radical (unpaired) electrons. The molecule has 17 heavy (non-hydrogen) atoms. The van der Waals surface area contributed by atoms with Crippen molar-refractivity contribution in [3.05, 3.63) is 0 Å². The van der Waals surface area contributed by atoms with Gasteiger partial charge in [-0.15, -0.1) is 0 Å². The third-order valence-corrected chi connectivity index (χ3v) is 7.49. The van der Waals surface area contributed by atoms with Crippen LogP contribution < -0.4 is 0 Å². The highest BCUT2D eigenvalue weighted by molar-refractivity contribution is 8.02. The number of rotatable bonds is 0. The molecular formula is C14H22O2S. The molecule has 4 fully saturated rings. The summed E-state index contributed by atoms with van der Waals surface area (Å²) in [7, 11) is 0. The van der Waals surface area contributed by atoms with E-state index in [0.717, 1.165) is 19.3 Å². The van der Waals surface area contributed by atoms with Crippen molar-refractivity contribution in [2.75, 3.05) is 0 Å². The Balaban J connectivity index is 1.75. The van der Waals surface area contributed by atoms with Crippen LogP contribution in [0.5, 0.6) is 0 Å².